The molecule has 2 aromatic carbocycles. The molecule has 0 unspecified atom stereocenters. The highest BCUT2D eigenvalue weighted by atomic mass is 19.1. The number of fused-ring (bicyclic) bond motifs is 1. The number of ether oxygens (including phenoxy) is 1. The maximum absolute atomic E-state index is 13.1. The van der Waals surface area contributed by atoms with E-state index >= 15 is 0 Å². The number of rotatable bonds is 5. The molecule has 3 aromatic rings. The Balaban J connectivity index is 1.58. The lowest BCUT2D eigenvalue weighted by Crippen LogP contribution is -2.30. The topological polar surface area (TPSA) is 71.8 Å². The van der Waals surface area contributed by atoms with E-state index < -0.39 is 5.97 Å². The van der Waals surface area contributed by atoms with Gasteiger partial charge in [-0.15, -0.1) is 0 Å². The average molecular weight is 408 g/mol. The molecular formula is C23H21FN2O4. The van der Waals surface area contributed by atoms with Crippen LogP contribution in [0.3, 0.4) is 0 Å². The van der Waals surface area contributed by atoms with Crippen molar-refractivity contribution in [3.63, 3.8) is 0 Å². The normalized spacial score (nSPS) is 12.9. The molecule has 1 aliphatic heterocycles. The van der Waals surface area contributed by atoms with Gasteiger partial charge in [-0.1, -0.05) is 6.07 Å². The zero-order chi connectivity index (χ0) is 21.1. The van der Waals surface area contributed by atoms with Gasteiger partial charge in [0.25, 0.3) is 5.91 Å². The SMILES string of the molecule is COC(=O)c1ccoc1CN1CCCc2c(NC(=O)c3ccc(F)cc3)cccc21. The second kappa shape index (κ2) is 8.41. The molecule has 1 N–H and O–H groups in total. The van der Waals surface area contributed by atoms with E-state index in [4.69, 9.17) is 9.15 Å². The molecule has 1 amide bonds. The molecule has 154 valence electrons. The first-order chi connectivity index (χ1) is 14.6. The van der Waals surface area contributed by atoms with Gasteiger partial charge in [-0.25, -0.2) is 9.18 Å². The van der Waals surface area contributed by atoms with Crippen LogP contribution in [-0.4, -0.2) is 25.5 Å². The number of hydrogen-bond donors (Lipinski definition) is 1. The summed E-state index contributed by atoms with van der Waals surface area (Å²) in [6, 6.07) is 12.8. The first kappa shape index (κ1) is 19.7. The fourth-order valence-corrected chi connectivity index (χ4v) is 3.71. The summed E-state index contributed by atoms with van der Waals surface area (Å²) < 4.78 is 23.5. The van der Waals surface area contributed by atoms with Gasteiger partial charge in [0.2, 0.25) is 0 Å². The fraction of sp³-hybridized carbons (Fsp3) is 0.217. The summed E-state index contributed by atoms with van der Waals surface area (Å²) in [7, 11) is 1.34. The Morgan fingerprint density at radius 1 is 1.17 bits per heavy atom. The minimum atomic E-state index is -0.434. The third kappa shape index (κ3) is 3.91. The van der Waals surface area contributed by atoms with E-state index in [-0.39, 0.29) is 11.7 Å². The number of methoxy groups -OCH3 is 1. The highest BCUT2D eigenvalue weighted by Gasteiger charge is 2.24. The van der Waals surface area contributed by atoms with Gasteiger partial charge in [0.15, 0.2) is 0 Å². The van der Waals surface area contributed by atoms with Gasteiger partial charge in [-0.2, -0.15) is 0 Å². The highest BCUT2D eigenvalue weighted by Crippen LogP contribution is 2.34. The Labute approximate surface area is 173 Å². The Morgan fingerprint density at radius 3 is 2.73 bits per heavy atom. The second-order valence-corrected chi connectivity index (χ2v) is 7.04. The van der Waals surface area contributed by atoms with Crippen LogP contribution in [0.1, 0.15) is 38.5 Å². The van der Waals surface area contributed by atoms with Crippen LogP contribution in [0, 0.1) is 5.82 Å². The van der Waals surface area contributed by atoms with E-state index in [1.165, 1.54) is 37.6 Å². The van der Waals surface area contributed by atoms with E-state index in [1.807, 2.05) is 18.2 Å². The van der Waals surface area contributed by atoms with Crippen molar-refractivity contribution in [2.45, 2.75) is 19.4 Å². The van der Waals surface area contributed by atoms with Gasteiger partial charge in [-0.05, 0) is 60.9 Å². The van der Waals surface area contributed by atoms with Gasteiger partial charge < -0.3 is 19.4 Å². The third-order valence-corrected chi connectivity index (χ3v) is 5.19. The summed E-state index contributed by atoms with van der Waals surface area (Å²) in [5.74, 6) is -0.574. The largest absolute Gasteiger partial charge is 0.467 e. The Bertz CT molecular complexity index is 1080. The van der Waals surface area contributed by atoms with Gasteiger partial charge in [0, 0.05) is 23.5 Å². The lowest BCUT2D eigenvalue weighted by atomic mass is 9.99. The van der Waals surface area contributed by atoms with E-state index in [1.54, 1.807) is 6.07 Å². The molecule has 0 bridgehead atoms. The molecule has 30 heavy (non-hydrogen) atoms. The quantitative estimate of drug-likeness (QED) is 0.633. The number of hydrogen-bond acceptors (Lipinski definition) is 5. The number of esters is 1. The highest BCUT2D eigenvalue weighted by molar-refractivity contribution is 6.05. The van der Waals surface area contributed by atoms with Crippen molar-refractivity contribution >= 4 is 23.3 Å². The lowest BCUT2D eigenvalue weighted by molar-refractivity contribution is 0.0598. The zero-order valence-corrected chi connectivity index (χ0v) is 16.5. The van der Waals surface area contributed by atoms with Crippen LogP contribution in [0.5, 0.6) is 0 Å². The first-order valence-electron chi connectivity index (χ1n) is 9.65. The van der Waals surface area contributed by atoms with Crippen molar-refractivity contribution in [1.29, 1.82) is 0 Å². The molecule has 6 nitrogen and oxygen atoms in total. The van der Waals surface area contributed by atoms with E-state index in [0.29, 0.717) is 23.4 Å². The number of carbonyl (C=O) groups is 2. The molecular weight excluding hydrogens is 387 g/mol. The number of nitrogens with zero attached hydrogens (tertiary/aromatic N) is 1. The van der Waals surface area contributed by atoms with Crippen LogP contribution < -0.4 is 10.2 Å². The average Bonchev–Trinajstić information content (AvgIpc) is 3.22. The van der Waals surface area contributed by atoms with Crippen molar-refractivity contribution in [3.8, 4) is 0 Å². The maximum Gasteiger partial charge on any atom is 0.341 e. The summed E-state index contributed by atoms with van der Waals surface area (Å²) >= 11 is 0. The van der Waals surface area contributed by atoms with E-state index in [2.05, 4.69) is 10.2 Å². The Hall–Kier alpha value is -3.61. The van der Waals surface area contributed by atoms with Crippen LogP contribution in [0.25, 0.3) is 0 Å². The van der Waals surface area contributed by atoms with Crippen LogP contribution in [0.2, 0.25) is 0 Å². The minimum absolute atomic E-state index is 0.292. The number of carbonyl (C=O) groups excluding carboxylic acids is 2. The Morgan fingerprint density at radius 2 is 1.97 bits per heavy atom. The molecule has 4 rings (SSSR count). The fourth-order valence-electron chi connectivity index (χ4n) is 3.71. The molecule has 0 aliphatic carbocycles. The van der Waals surface area contributed by atoms with Gasteiger partial charge in [0.1, 0.15) is 17.1 Å². The number of nitrogens with one attached hydrogen (secondary N) is 1. The van der Waals surface area contributed by atoms with Crippen LogP contribution in [0.4, 0.5) is 15.8 Å². The maximum atomic E-state index is 13.1. The number of amides is 1. The molecule has 1 aliphatic rings. The number of benzene rings is 2. The standard InChI is InChI=1S/C23H21FN2O4/c1-29-23(28)18-11-13-30-21(18)14-26-12-3-4-17-19(5-2-6-20(17)26)25-22(27)15-7-9-16(24)10-8-15/h2,5-11,13H,3-4,12,14H2,1H3,(H,25,27). The lowest BCUT2D eigenvalue weighted by Gasteiger charge is -2.32. The summed E-state index contributed by atoms with van der Waals surface area (Å²) in [6.45, 7) is 1.21. The predicted octanol–water partition coefficient (Wildman–Crippen LogP) is 4.41. The van der Waals surface area contributed by atoms with Crippen LogP contribution >= 0.6 is 0 Å². The third-order valence-electron chi connectivity index (χ3n) is 5.19. The van der Waals surface area contributed by atoms with E-state index in [0.717, 1.165) is 36.3 Å². The summed E-state index contributed by atoms with van der Waals surface area (Å²) in [4.78, 5) is 26.7. The summed E-state index contributed by atoms with van der Waals surface area (Å²) in [5, 5.41) is 2.94. The number of furan rings is 1. The summed E-state index contributed by atoms with van der Waals surface area (Å²) in [5.41, 5.74) is 3.51. The van der Waals surface area contributed by atoms with E-state index in [9.17, 15) is 14.0 Å². The van der Waals surface area contributed by atoms with Crippen molar-refractivity contribution in [3.05, 3.63) is 83.1 Å². The second-order valence-electron chi connectivity index (χ2n) is 7.04. The van der Waals surface area contributed by atoms with Crippen molar-refractivity contribution in [2.75, 3.05) is 23.9 Å². The summed E-state index contributed by atoms with van der Waals surface area (Å²) in [6.07, 6.45) is 3.18. The molecule has 1 aromatic heterocycles. The van der Waals surface area contributed by atoms with Gasteiger partial charge >= 0.3 is 5.97 Å². The Kier molecular flexibility index (Phi) is 5.52. The van der Waals surface area contributed by atoms with Crippen molar-refractivity contribution < 1.29 is 23.1 Å². The monoisotopic (exact) mass is 408 g/mol. The first-order valence-corrected chi connectivity index (χ1v) is 9.65. The molecule has 0 saturated carbocycles. The number of anilines is 2. The van der Waals surface area contributed by atoms with Crippen molar-refractivity contribution in [2.24, 2.45) is 0 Å². The smallest absolute Gasteiger partial charge is 0.341 e. The minimum Gasteiger partial charge on any atom is -0.467 e. The van der Waals surface area contributed by atoms with Crippen molar-refractivity contribution in [1.82, 2.24) is 0 Å². The molecule has 0 atom stereocenters. The predicted molar refractivity (Wildman–Crippen MR) is 110 cm³/mol. The molecule has 2 heterocycles. The molecule has 0 fully saturated rings. The van der Waals surface area contributed by atoms with Gasteiger partial charge in [0.05, 0.1) is 19.9 Å². The van der Waals surface area contributed by atoms with Crippen LogP contribution in [-0.2, 0) is 17.7 Å². The van der Waals surface area contributed by atoms with Crippen LogP contribution in [0.15, 0.2) is 59.2 Å². The number of halogens is 1. The molecule has 0 saturated heterocycles. The molecule has 0 radical (unpaired) electrons. The zero-order valence-electron chi connectivity index (χ0n) is 16.5. The van der Waals surface area contributed by atoms with Gasteiger partial charge in [-0.3, -0.25) is 4.79 Å². The molecule has 0 spiro atoms. The molecule has 7 heteroatoms.